The van der Waals surface area contributed by atoms with Crippen LogP contribution in [-0.2, 0) is 5.60 Å². The number of aliphatic hydroxyl groups is 1. The van der Waals surface area contributed by atoms with Crippen LogP contribution in [-0.4, -0.2) is 11.1 Å². The van der Waals surface area contributed by atoms with Crippen LogP contribution in [0.3, 0.4) is 0 Å². The van der Waals surface area contributed by atoms with Gasteiger partial charge < -0.3 is 15.0 Å². The highest BCUT2D eigenvalue weighted by atomic mass is 16.4. The first-order chi connectivity index (χ1) is 9.03. The lowest BCUT2D eigenvalue weighted by Crippen LogP contribution is -2.56. The number of rotatable bonds is 2. The van der Waals surface area contributed by atoms with Crippen LogP contribution < -0.4 is 5.11 Å². The molecule has 3 fully saturated rings. The van der Waals surface area contributed by atoms with E-state index >= 15 is 0 Å². The standard InChI is InChI=1S/C16H18O3/c17-14(18)11-1-3-12(4-2-11)16(19)9-15-6-5-10(8-15)7-13(15)16/h1-4,10,13,19H,5-9H2,(H,17,18)/p-1/t10?,13?,15?,16-/m1/s1. The number of hydrogen-bond donors (Lipinski definition) is 1. The Labute approximate surface area is 112 Å². The zero-order valence-electron chi connectivity index (χ0n) is 10.8. The van der Waals surface area contributed by atoms with E-state index in [1.807, 2.05) is 0 Å². The lowest BCUT2D eigenvalue weighted by atomic mass is 9.49. The van der Waals surface area contributed by atoms with E-state index in [0.717, 1.165) is 24.3 Å². The van der Waals surface area contributed by atoms with Crippen LogP contribution >= 0.6 is 0 Å². The Balaban J connectivity index is 1.65. The lowest BCUT2D eigenvalue weighted by molar-refractivity contribution is -0.255. The molecule has 4 atom stereocenters. The maximum Gasteiger partial charge on any atom is 0.0935 e. The van der Waals surface area contributed by atoms with Gasteiger partial charge in [-0.25, -0.2) is 0 Å². The van der Waals surface area contributed by atoms with Crippen molar-refractivity contribution in [1.82, 2.24) is 0 Å². The summed E-state index contributed by atoms with van der Waals surface area (Å²) in [6.07, 6.45) is 5.87. The van der Waals surface area contributed by atoms with Gasteiger partial charge in [-0.05, 0) is 60.5 Å². The van der Waals surface area contributed by atoms with E-state index in [1.165, 1.54) is 19.3 Å². The molecule has 0 radical (unpaired) electrons. The maximum atomic E-state index is 10.9. The second-order valence-electron chi connectivity index (χ2n) is 6.73. The molecule has 0 saturated heterocycles. The first-order valence-electron chi connectivity index (χ1n) is 7.08. The summed E-state index contributed by atoms with van der Waals surface area (Å²) in [6.45, 7) is 0. The summed E-state index contributed by atoms with van der Waals surface area (Å²) >= 11 is 0. The monoisotopic (exact) mass is 257 g/mol. The SMILES string of the molecule is O=C([O-])c1ccc([C@]2(O)CC34CCC(CC32)C4)cc1. The van der Waals surface area contributed by atoms with Gasteiger partial charge in [0.2, 0.25) is 0 Å². The molecule has 3 saturated carbocycles. The average molecular weight is 257 g/mol. The summed E-state index contributed by atoms with van der Waals surface area (Å²) in [5.41, 5.74) is 0.724. The lowest BCUT2D eigenvalue weighted by Gasteiger charge is -2.58. The first kappa shape index (κ1) is 11.5. The molecule has 4 rings (SSSR count). The number of aromatic carboxylic acids is 1. The molecule has 100 valence electrons. The van der Waals surface area contributed by atoms with Crippen LogP contribution in [0, 0.1) is 17.3 Å². The fourth-order valence-electron chi connectivity index (χ4n) is 5.08. The van der Waals surface area contributed by atoms with Crippen molar-refractivity contribution in [1.29, 1.82) is 0 Å². The van der Waals surface area contributed by atoms with Crippen molar-refractivity contribution in [2.45, 2.75) is 37.7 Å². The van der Waals surface area contributed by atoms with Crippen LogP contribution in [0.4, 0.5) is 0 Å². The number of carboxylic acid groups (broad SMARTS) is 1. The van der Waals surface area contributed by atoms with Crippen molar-refractivity contribution < 1.29 is 15.0 Å². The molecule has 19 heavy (non-hydrogen) atoms. The molecule has 1 aromatic carbocycles. The Kier molecular flexibility index (Phi) is 2.05. The molecule has 3 aliphatic rings. The van der Waals surface area contributed by atoms with Crippen molar-refractivity contribution in [3.8, 4) is 0 Å². The second kappa shape index (κ2) is 3.40. The van der Waals surface area contributed by atoms with Gasteiger partial charge in [0, 0.05) is 0 Å². The summed E-state index contributed by atoms with van der Waals surface area (Å²) in [4.78, 5) is 10.8. The molecule has 3 nitrogen and oxygen atoms in total. The minimum Gasteiger partial charge on any atom is -0.545 e. The Morgan fingerprint density at radius 3 is 2.63 bits per heavy atom. The Morgan fingerprint density at radius 2 is 2.05 bits per heavy atom. The number of fused-ring (bicyclic) bond motifs is 1. The fourth-order valence-corrected chi connectivity index (χ4v) is 5.08. The second-order valence-corrected chi connectivity index (χ2v) is 6.73. The Hall–Kier alpha value is -1.35. The number of carboxylic acids is 1. The highest BCUT2D eigenvalue weighted by Crippen LogP contribution is 2.73. The van der Waals surface area contributed by atoms with Crippen LogP contribution in [0.15, 0.2) is 24.3 Å². The molecule has 2 bridgehead atoms. The minimum atomic E-state index is -1.16. The first-order valence-corrected chi connectivity index (χ1v) is 7.08. The van der Waals surface area contributed by atoms with Gasteiger partial charge in [-0.2, -0.15) is 0 Å². The van der Waals surface area contributed by atoms with E-state index in [4.69, 9.17) is 0 Å². The maximum absolute atomic E-state index is 10.9. The third-order valence-corrected chi connectivity index (χ3v) is 5.87. The van der Waals surface area contributed by atoms with Crippen LogP contribution in [0.25, 0.3) is 0 Å². The molecular weight excluding hydrogens is 240 g/mol. The fraction of sp³-hybridized carbons (Fsp3) is 0.562. The van der Waals surface area contributed by atoms with Gasteiger partial charge >= 0.3 is 0 Å². The van der Waals surface area contributed by atoms with Gasteiger partial charge in [-0.3, -0.25) is 0 Å². The van der Waals surface area contributed by atoms with E-state index in [-0.39, 0.29) is 5.56 Å². The van der Waals surface area contributed by atoms with Gasteiger partial charge in [0.25, 0.3) is 0 Å². The molecule has 3 aliphatic carbocycles. The molecule has 1 aromatic rings. The van der Waals surface area contributed by atoms with Crippen LogP contribution in [0.1, 0.15) is 48.0 Å². The van der Waals surface area contributed by atoms with Gasteiger partial charge in [0.1, 0.15) is 0 Å². The highest BCUT2D eigenvalue weighted by Gasteiger charge is 2.68. The van der Waals surface area contributed by atoms with Crippen molar-refractivity contribution in [3.05, 3.63) is 35.4 Å². The summed E-state index contributed by atoms with van der Waals surface area (Å²) in [7, 11) is 0. The van der Waals surface area contributed by atoms with Crippen molar-refractivity contribution in [3.63, 3.8) is 0 Å². The van der Waals surface area contributed by atoms with Crippen LogP contribution in [0.5, 0.6) is 0 Å². The van der Waals surface area contributed by atoms with Gasteiger partial charge in [0.05, 0.1) is 11.6 Å². The summed E-state index contributed by atoms with van der Waals surface area (Å²) in [6, 6.07) is 6.59. The predicted molar refractivity (Wildman–Crippen MR) is 67.2 cm³/mol. The van der Waals surface area contributed by atoms with Crippen molar-refractivity contribution >= 4 is 5.97 Å². The largest absolute Gasteiger partial charge is 0.545 e. The Morgan fingerprint density at radius 1 is 1.32 bits per heavy atom. The molecule has 0 aromatic heterocycles. The number of benzene rings is 1. The molecule has 1 N–H and O–H groups in total. The van der Waals surface area contributed by atoms with Gasteiger partial charge in [-0.15, -0.1) is 0 Å². The quantitative estimate of drug-likeness (QED) is 0.872. The topological polar surface area (TPSA) is 60.4 Å². The minimum absolute atomic E-state index is 0.175. The normalized spacial score (nSPS) is 42.8. The summed E-state index contributed by atoms with van der Waals surface area (Å²) in [5.74, 6) is 0.0256. The Bertz CT molecular complexity index is 550. The molecular formula is C16H17O3-. The van der Waals surface area contributed by atoms with E-state index in [0.29, 0.717) is 11.3 Å². The zero-order chi connectivity index (χ0) is 13.3. The molecule has 0 heterocycles. The van der Waals surface area contributed by atoms with Crippen molar-refractivity contribution in [2.75, 3.05) is 0 Å². The third-order valence-electron chi connectivity index (χ3n) is 5.87. The van der Waals surface area contributed by atoms with Crippen LogP contribution in [0.2, 0.25) is 0 Å². The molecule has 3 unspecified atom stereocenters. The summed E-state index contributed by atoms with van der Waals surface area (Å²) in [5, 5.41) is 21.7. The van der Waals surface area contributed by atoms with Gasteiger partial charge in [-0.1, -0.05) is 24.3 Å². The highest BCUT2D eigenvalue weighted by molar-refractivity contribution is 5.85. The van der Waals surface area contributed by atoms with Gasteiger partial charge in [0.15, 0.2) is 0 Å². The zero-order valence-corrected chi connectivity index (χ0v) is 10.8. The molecule has 1 spiro atoms. The van der Waals surface area contributed by atoms with E-state index in [9.17, 15) is 15.0 Å². The molecule has 0 aliphatic heterocycles. The number of carbonyl (C=O) groups is 1. The van der Waals surface area contributed by atoms with E-state index < -0.39 is 11.6 Å². The average Bonchev–Trinajstić information content (AvgIpc) is 2.93. The molecule has 3 heteroatoms. The van der Waals surface area contributed by atoms with E-state index in [2.05, 4.69) is 0 Å². The van der Waals surface area contributed by atoms with Crippen molar-refractivity contribution in [2.24, 2.45) is 17.3 Å². The number of hydrogen-bond acceptors (Lipinski definition) is 3. The third kappa shape index (κ3) is 1.34. The number of carbonyl (C=O) groups excluding carboxylic acids is 1. The molecule has 0 amide bonds. The predicted octanol–water partition coefficient (Wildman–Crippen LogP) is 1.45. The van der Waals surface area contributed by atoms with E-state index in [1.54, 1.807) is 24.3 Å². The summed E-state index contributed by atoms with van der Waals surface area (Å²) < 4.78 is 0. The smallest absolute Gasteiger partial charge is 0.0935 e.